The van der Waals surface area contributed by atoms with Gasteiger partial charge in [-0.25, -0.2) is 15.2 Å². The molecule has 0 aromatic heterocycles. The van der Waals surface area contributed by atoms with Crippen LogP contribution in [-0.4, -0.2) is 11.7 Å². The van der Waals surface area contributed by atoms with Crippen molar-refractivity contribution in [1.82, 2.24) is 10.7 Å². The molecule has 0 bridgehead atoms. The Morgan fingerprint density at radius 3 is 2.50 bits per heavy atom. The van der Waals surface area contributed by atoms with E-state index in [0.717, 1.165) is 29.4 Å². The van der Waals surface area contributed by atoms with Crippen molar-refractivity contribution in [3.8, 4) is 0 Å². The first-order valence-corrected chi connectivity index (χ1v) is 7.05. The smallest absolute Gasteiger partial charge is 0.317 e. The van der Waals surface area contributed by atoms with Gasteiger partial charge in [0.05, 0.1) is 5.69 Å². The van der Waals surface area contributed by atoms with Gasteiger partial charge in [0, 0.05) is 4.47 Å². The second-order valence-corrected chi connectivity index (χ2v) is 5.46. The van der Waals surface area contributed by atoms with E-state index in [0.29, 0.717) is 0 Å². The third kappa shape index (κ3) is 2.52. The fourth-order valence-electron chi connectivity index (χ4n) is 2.21. The van der Waals surface area contributed by atoms with Crippen LogP contribution >= 0.6 is 15.9 Å². The van der Waals surface area contributed by atoms with E-state index in [4.69, 9.17) is 0 Å². The Bertz CT molecular complexity index is 434. The highest BCUT2D eigenvalue weighted by Gasteiger charge is 2.40. The molecule has 0 saturated carbocycles. The van der Waals surface area contributed by atoms with Crippen LogP contribution in [0.25, 0.3) is 0 Å². The lowest BCUT2D eigenvalue weighted by molar-refractivity contribution is 0.242. The summed E-state index contributed by atoms with van der Waals surface area (Å²) in [6, 6.07) is 7.59. The van der Waals surface area contributed by atoms with Crippen LogP contribution in [-0.2, 0) is 0 Å². The van der Waals surface area contributed by atoms with Crippen molar-refractivity contribution in [2.75, 3.05) is 5.01 Å². The van der Waals surface area contributed by atoms with E-state index in [9.17, 15) is 4.79 Å². The molecule has 0 radical (unpaired) electrons. The molecule has 98 valence electrons. The number of rotatable bonds is 4. The minimum Gasteiger partial charge on any atom is -0.317 e. The van der Waals surface area contributed by atoms with Crippen molar-refractivity contribution < 1.29 is 4.79 Å². The average molecular weight is 312 g/mol. The van der Waals surface area contributed by atoms with Crippen molar-refractivity contribution in [1.29, 1.82) is 0 Å². The van der Waals surface area contributed by atoms with Crippen molar-refractivity contribution in [3.05, 3.63) is 28.7 Å². The largest absolute Gasteiger partial charge is 0.338 e. The maximum absolute atomic E-state index is 12.0. The number of carbonyl (C=O) groups is 1. The van der Waals surface area contributed by atoms with E-state index < -0.39 is 0 Å². The highest BCUT2D eigenvalue weighted by atomic mass is 79.9. The number of urea groups is 1. The summed E-state index contributed by atoms with van der Waals surface area (Å²) in [5.74, 6) is 0. The zero-order chi connectivity index (χ0) is 13.2. The monoisotopic (exact) mass is 311 g/mol. The van der Waals surface area contributed by atoms with E-state index in [2.05, 4.69) is 40.5 Å². The Hall–Kier alpha value is -1.07. The number of carbonyl (C=O) groups excluding carboxylic acids is 1. The third-order valence-corrected chi connectivity index (χ3v) is 3.77. The molecule has 18 heavy (non-hydrogen) atoms. The zero-order valence-electron chi connectivity index (χ0n) is 10.7. The molecule has 1 saturated heterocycles. The predicted molar refractivity (Wildman–Crippen MR) is 76.2 cm³/mol. The van der Waals surface area contributed by atoms with Gasteiger partial charge in [0.2, 0.25) is 0 Å². The Kier molecular flexibility index (Phi) is 3.92. The lowest BCUT2D eigenvalue weighted by atomic mass is 10.0. The molecular formula is C13H18BrN3O. The molecule has 0 unspecified atom stereocenters. The van der Waals surface area contributed by atoms with Crippen LogP contribution in [0.2, 0.25) is 0 Å². The van der Waals surface area contributed by atoms with E-state index in [-0.39, 0.29) is 11.7 Å². The molecule has 1 atom stereocenters. The van der Waals surface area contributed by atoms with E-state index in [1.165, 1.54) is 0 Å². The molecule has 1 aliphatic heterocycles. The van der Waals surface area contributed by atoms with Crippen molar-refractivity contribution in [3.63, 3.8) is 0 Å². The summed E-state index contributed by atoms with van der Waals surface area (Å²) in [5, 5.41) is 4.63. The Morgan fingerprint density at radius 2 is 1.94 bits per heavy atom. The minimum absolute atomic E-state index is 0.0902. The van der Waals surface area contributed by atoms with Gasteiger partial charge in [-0.3, -0.25) is 0 Å². The SMILES string of the molecule is CCC[C@@]1(CC)NC(=O)N(c2ccc(Br)cc2)N1. The number of halogens is 1. The zero-order valence-corrected chi connectivity index (χ0v) is 12.3. The predicted octanol–water partition coefficient (Wildman–Crippen LogP) is 3.39. The number of hydrogen-bond donors (Lipinski definition) is 2. The average Bonchev–Trinajstić information content (AvgIpc) is 2.69. The summed E-state index contributed by atoms with van der Waals surface area (Å²) >= 11 is 3.39. The van der Waals surface area contributed by atoms with Crippen LogP contribution in [0, 0.1) is 0 Å². The number of amides is 2. The van der Waals surface area contributed by atoms with Gasteiger partial charge < -0.3 is 5.32 Å². The summed E-state index contributed by atoms with van der Waals surface area (Å²) in [4.78, 5) is 12.0. The lowest BCUT2D eigenvalue weighted by Gasteiger charge is -2.27. The molecular weight excluding hydrogens is 294 g/mol. The number of anilines is 1. The highest BCUT2D eigenvalue weighted by Crippen LogP contribution is 2.25. The number of nitrogens with one attached hydrogen (secondary N) is 2. The number of benzene rings is 1. The van der Waals surface area contributed by atoms with Crippen LogP contribution in [0.4, 0.5) is 10.5 Å². The second-order valence-electron chi connectivity index (χ2n) is 4.54. The number of hydrazine groups is 1. The number of nitrogens with zero attached hydrogens (tertiary/aromatic N) is 1. The van der Waals surface area contributed by atoms with Gasteiger partial charge in [-0.1, -0.05) is 36.2 Å². The van der Waals surface area contributed by atoms with Crippen LogP contribution < -0.4 is 15.8 Å². The molecule has 1 aliphatic rings. The van der Waals surface area contributed by atoms with Gasteiger partial charge in [0.15, 0.2) is 0 Å². The summed E-state index contributed by atoms with van der Waals surface area (Å²) in [5.41, 5.74) is 3.84. The summed E-state index contributed by atoms with van der Waals surface area (Å²) in [6.45, 7) is 4.20. The molecule has 1 heterocycles. The van der Waals surface area contributed by atoms with E-state index in [1.807, 2.05) is 24.3 Å². The maximum Gasteiger partial charge on any atom is 0.338 e. The maximum atomic E-state index is 12.0. The normalized spacial score (nSPS) is 23.3. The van der Waals surface area contributed by atoms with Crippen molar-refractivity contribution in [2.45, 2.75) is 38.8 Å². The molecule has 4 nitrogen and oxygen atoms in total. The first kappa shape index (κ1) is 13.4. The molecule has 0 aliphatic carbocycles. The van der Waals surface area contributed by atoms with Crippen molar-refractivity contribution in [2.24, 2.45) is 0 Å². The first-order valence-electron chi connectivity index (χ1n) is 6.26. The summed E-state index contributed by atoms with van der Waals surface area (Å²) in [6.07, 6.45) is 2.80. The van der Waals surface area contributed by atoms with Gasteiger partial charge in [-0.05, 0) is 37.1 Å². The first-order chi connectivity index (χ1) is 8.60. The van der Waals surface area contributed by atoms with E-state index in [1.54, 1.807) is 5.01 Å². The molecule has 0 spiro atoms. The van der Waals surface area contributed by atoms with Crippen LogP contribution in [0.5, 0.6) is 0 Å². The van der Waals surface area contributed by atoms with Gasteiger partial charge in [0.1, 0.15) is 5.66 Å². The third-order valence-electron chi connectivity index (χ3n) is 3.24. The topological polar surface area (TPSA) is 44.4 Å². The van der Waals surface area contributed by atoms with E-state index >= 15 is 0 Å². The van der Waals surface area contributed by atoms with Crippen LogP contribution in [0.1, 0.15) is 33.1 Å². The summed E-state index contributed by atoms with van der Waals surface area (Å²) in [7, 11) is 0. The van der Waals surface area contributed by atoms with Gasteiger partial charge in [0.25, 0.3) is 0 Å². The lowest BCUT2D eigenvalue weighted by Crippen LogP contribution is -2.50. The number of hydrogen-bond acceptors (Lipinski definition) is 2. The van der Waals surface area contributed by atoms with Crippen LogP contribution in [0.3, 0.4) is 0 Å². The minimum atomic E-state index is -0.307. The quantitative estimate of drug-likeness (QED) is 0.895. The fourth-order valence-corrected chi connectivity index (χ4v) is 2.48. The molecule has 2 amide bonds. The van der Waals surface area contributed by atoms with Gasteiger partial charge in [-0.2, -0.15) is 0 Å². The molecule has 1 aromatic rings. The standard InChI is InChI=1S/C13H18BrN3O/c1-3-9-13(4-2)15-12(18)17(16-13)11-7-5-10(14)6-8-11/h5-8,16H,3-4,9H2,1-2H3,(H,15,18)/t13-/m0/s1. The molecule has 2 rings (SSSR count). The Balaban J connectivity index is 2.21. The van der Waals surface area contributed by atoms with Crippen LogP contribution in [0.15, 0.2) is 28.7 Å². The van der Waals surface area contributed by atoms with Gasteiger partial charge >= 0.3 is 6.03 Å². The molecule has 5 heteroatoms. The molecule has 1 fully saturated rings. The molecule has 2 N–H and O–H groups in total. The van der Waals surface area contributed by atoms with Gasteiger partial charge in [-0.15, -0.1) is 0 Å². The summed E-state index contributed by atoms with van der Waals surface area (Å²) < 4.78 is 1.00. The Morgan fingerprint density at radius 1 is 1.28 bits per heavy atom. The van der Waals surface area contributed by atoms with Crippen molar-refractivity contribution >= 4 is 27.6 Å². The highest BCUT2D eigenvalue weighted by molar-refractivity contribution is 9.10. The fraction of sp³-hybridized carbons (Fsp3) is 0.462. The molecule has 1 aromatic carbocycles. The second kappa shape index (κ2) is 5.28. The Labute approximate surface area is 116 Å².